The van der Waals surface area contributed by atoms with Gasteiger partial charge in [0.2, 0.25) is 5.91 Å². The Morgan fingerprint density at radius 3 is 2.45 bits per heavy atom. The van der Waals surface area contributed by atoms with Gasteiger partial charge in [0.1, 0.15) is 5.75 Å². The summed E-state index contributed by atoms with van der Waals surface area (Å²) in [5.41, 5.74) is 6.08. The van der Waals surface area contributed by atoms with E-state index in [-0.39, 0.29) is 5.91 Å². The number of hydrogen-bond acceptors (Lipinski definition) is 3. The highest BCUT2D eigenvalue weighted by atomic mass is 35.5. The molecule has 22 heavy (non-hydrogen) atoms. The van der Waals surface area contributed by atoms with Crippen molar-refractivity contribution in [3.05, 3.63) is 59.1 Å². The summed E-state index contributed by atoms with van der Waals surface area (Å²) in [6, 6.07) is 13.1. The second kappa shape index (κ2) is 6.95. The molecule has 2 rings (SSSR count). The topological polar surface area (TPSA) is 81.4 Å². The van der Waals surface area contributed by atoms with Crippen LogP contribution >= 0.6 is 11.6 Å². The minimum atomic E-state index is -0.700. The second-order valence-corrected chi connectivity index (χ2v) is 5.08. The smallest absolute Gasteiger partial charge is 0.265 e. The van der Waals surface area contributed by atoms with Gasteiger partial charge in [-0.2, -0.15) is 0 Å². The largest absolute Gasteiger partial charge is 0.481 e. The molecular formula is C16H15ClN2O3. The van der Waals surface area contributed by atoms with Gasteiger partial charge < -0.3 is 15.8 Å². The highest BCUT2D eigenvalue weighted by molar-refractivity contribution is 6.30. The summed E-state index contributed by atoms with van der Waals surface area (Å²) in [6.07, 6.45) is -0.700. The number of carbonyl (C=O) groups is 2. The molecule has 5 nitrogen and oxygen atoms in total. The van der Waals surface area contributed by atoms with Crippen molar-refractivity contribution in [1.82, 2.24) is 0 Å². The molecule has 0 bridgehead atoms. The Bertz CT molecular complexity index is 686. The van der Waals surface area contributed by atoms with Crippen LogP contribution < -0.4 is 15.8 Å². The third-order valence-electron chi connectivity index (χ3n) is 2.92. The molecule has 6 heteroatoms. The van der Waals surface area contributed by atoms with Gasteiger partial charge in [-0.15, -0.1) is 0 Å². The fraction of sp³-hybridized carbons (Fsp3) is 0.125. The summed E-state index contributed by atoms with van der Waals surface area (Å²) in [5.74, 6) is -0.318. The normalized spacial score (nSPS) is 11.5. The average Bonchev–Trinajstić information content (AvgIpc) is 2.47. The molecule has 0 radical (unpaired) electrons. The first kappa shape index (κ1) is 15.9. The van der Waals surface area contributed by atoms with Gasteiger partial charge in [-0.05, 0) is 49.4 Å². The molecule has 0 saturated heterocycles. The number of hydrogen-bond donors (Lipinski definition) is 2. The van der Waals surface area contributed by atoms with Crippen LogP contribution in [0.4, 0.5) is 5.69 Å². The molecule has 0 fully saturated rings. The van der Waals surface area contributed by atoms with E-state index >= 15 is 0 Å². The molecule has 0 aliphatic heterocycles. The monoisotopic (exact) mass is 318 g/mol. The third-order valence-corrected chi connectivity index (χ3v) is 3.15. The standard InChI is InChI=1S/C16H15ClN2O3/c1-10(22-14-4-2-3-12(17)9-14)16(21)19-13-7-5-11(6-8-13)15(18)20/h2-10H,1H3,(H2,18,20)(H,19,21). The van der Waals surface area contributed by atoms with Crippen LogP contribution in [0, 0.1) is 0 Å². The van der Waals surface area contributed by atoms with Crippen molar-refractivity contribution in [1.29, 1.82) is 0 Å². The Morgan fingerprint density at radius 1 is 1.18 bits per heavy atom. The van der Waals surface area contributed by atoms with Crippen LogP contribution in [-0.2, 0) is 4.79 Å². The zero-order chi connectivity index (χ0) is 16.1. The molecule has 0 aliphatic rings. The van der Waals surface area contributed by atoms with Crippen molar-refractivity contribution in [2.45, 2.75) is 13.0 Å². The molecule has 0 saturated carbocycles. The van der Waals surface area contributed by atoms with E-state index in [2.05, 4.69) is 5.32 Å². The predicted octanol–water partition coefficient (Wildman–Crippen LogP) is 2.84. The van der Waals surface area contributed by atoms with Gasteiger partial charge in [0.05, 0.1) is 0 Å². The highest BCUT2D eigenvalue weighted by Crippen LogP contribution is 2.19. The van der Waals surface area contributed by atoms with Crippen molar-refractivity contribution in [2.24, 2.45) is 5.73 Å². The number of amides is 2. The van der Waals surface area contributed by atoms with E-state index in [1.54, 1.807) is 55.5 Å². The number of halogens is 1. The van der Waals surface area contributed by atoms with Crippen molar-refractivity contribution in [3.8, 4) is 5.75 Å². The fourth-order valence-electron chi connectivity index (χ4n) is 1.76. The van der Waals surface area contributed by atoms with E-state index in [1.165, 1.54) is 0 Å². The number of nitrogens with two attached hydrogens (primary N) is 1. The van der Waals surface area contributed by atoms with Gasteiger partial charge in [-0.1, -0.05) is 17.7 Å². The molecule has 1 unspecified atom stereocenters. The van der Waals surface area contributed by atoms with E-state index in [9.17, 15) is 9.59 Å². The number of nitrogens with one attached hydrogen (secondary N) is 1. The fourth-order valence-corrected chi connectivity index (χ4v) is 1.94. The number of ether oxygens (including phenoxy) is 1. The SMILES string of the molecule is CC(Oc1cccc(Cl)c1)C(=O)Nc1ccc(C(N)=O)cc1. The average molecular weight is 319 g/mol. The van der Waals surface area contributed by atoms with E-state index in [0.717, 1.165) is 0 Å². The van der Waals surface area contributed by atoms with Crippen LogP contribution in [0.25, 0.3) is 0 Å². The first-order valence-corrected chi connectivity index (χ1v) is 6.96. The Balaban J connectivity index is 1.97. The minimum absolute atomic E-state index is 0.313. The van der Waals surface area contributed by atoms with Gasteiger partial charge in [0.25, 0.3) is 5.91 Å². The van der Waals surface area contributed by atoms with E-state index in [1.807, 2.05) is 0 Å². The van der Waals surface area contributed by atoms with Crippen molar-refractivity contribution in [2.75, 3.05) is 5.32 Å². The minimum Gasteiger partial charge on any atom is -0.481 e. The lowest BCUT2D eigenvalue weighted by Crippen LogP contribution is -2.30. The number of carbonyl (C=O) groups excluding carboxylic acids is 2. The second-order valence-electron chi connectivity index (χ2n) is 4.65. The van der Waals surface area contributed by atoms with Gasteiger partial charge >= 0.3 is 0 Å². The molecule has 0 aromatic heterocycles. The predicted molar refractivity (Wildman–Crippen MR) is 85.1 cm³/mol. The van der Waals surface area contributed by atoms with Gasteiger partial charge in [0.15, 0.2) is 6.10 Å². The number of benzene rings is 2. The maximum atomic E-state index is 12.1. The maximum absolute atomic E-state index is 12.1. The lowest BCUT2D eigenvalue weighted by atomic mass is 10.2. The zero-order valence-corrected chi connectivity index (χ0v) is 12.6. The van der Waals surface area contributed by atoms with Gasteiger partial charge in [-0.3, -0.25) is 9.59 Å². The van der Waals surface area contributed by atoms with Crippen molar-refractivity contribution >= 4 is 29.1 Å². The lowest BCUT2D eigenvalue weighted by molar-refractivity contribution is -0.122. The number of rotatable bonds is 5. The molecular weight excluding hydrogens is 304 g/mol. The van der Waals surface area contributed by atoms with Crippen LogP contribution in [0.1, 0.15) is 17.3 Å². The summed E-state index contributed by atoms with van der Waals surface area (Å²) >= 11 is 5.86. The molecule has 2 amide bonds. The summed E-state index contributed by atoms with van der Waals surface area (Å²) in [4.78, 5) is 23.0. The van der Waals surface area contributed by atoms with Gasteiger partial charge in [-0.25, -0.2) is 0 Å². The Kier molecular flexibility index (Phi) is 5.01. The highest BCUT2D eigenvalue weighted by Gasteiger charge is 2.15. The molecule has 0 spiro atoms. The number of anilines is 1. The first-order chi connectivity index (χ1) is 10.5. The Hall–Kier alpha value is -2.53. The van der Waals surface area contributed by atoms with Crippen LogP contribution in [0.3, 0.4) is 0 Å². The van der Waals surface area contributed by atoms with Crippen LogP contribution in [0.2, 0.25) is 5.02 Å². The van der Waals surface area contributed by atoms with E-state index < -0.39 is 12.0 Å². The Morgan fingerprint density at radius 2 is 1.86 bits per heavy atom. The van der Waals surface area contributed by atoms with Crippen molar-refractivity contribution in [3.63, 3.8) is 0 Å². The maximum Gasteiger partial charge on any atom is 0.265 e. The molecule has 0 aliphatic carbocycles. The summed E-state index contributed by atoms with van der Waals surface area (Å²) < 4.78 is 5.52. The number of primary amides is 1. The van der Waals surface area contributed by atoms with Crippen LogP contribution in [0.5, 0.6) is 5.75 Å². The summed E-state index contributed by atoms with van der Waals surface area (Å²) in [6.45, 7) is 1.63. The molecule has 2 aromatic rings. The third kappa shape index (κ3) is 4.23. The summed E-state index contributed by atoms with van der Waals surface area (Å²) in [5, 5.41) is 3.23. The summed E-state index contributed by atoms with van der Waals surface area (Å²) in [7, 11) is 0. The quantitative estimate of drug-likeness (QED) is 0.889. The zero-order valence-electron chi connectivity index (χ0n) is 11.9. The lowest BCUT2D eigenvalue weighted by Gasteiger charge is -2.15. The molecule has 2 aromatic carbocycles. The molecule has 0 heterocycles. The van der Waals surface area contributed by atoms with Crippen molar-refractivity contribution < 1.29 is 14.3 Å². The van der Waals surface area contributed by atoms with Crippen LogP contribution in [-0.4, -0.2) is 17.9 Å². The Labute approximate surface area is 133 Å². The molecule has 3 N–H and O–H groups in total. The molecule has 1 atom stereocenters. The first-order valence-electron chi connectivity index (χ1n) is 6.58. The van der Waals surface area contributed by atoms with E-state index in [0.29, 0.717) is 22.0 Å². The van der Waals surface area contributed by atoms with Crippen LogP contribution in [0.15, 0.2) is 48.5 Å². The molecule has 114 valence electrons. The van der Waals surface area contributed by atoms with E-state index in [4.69, 9.17) is 22.1 Å². The van der Waals surface area contributed by atoms with Gasteiger partial charge in [0, 0.05) is 16.3 Å².